The van der Waals surface area contributed by atoms with Crippen LogP contribution in [0.3, 0.4) is 0 Å². The Morgan fingerprint density at radius 2 is 2.09 bits per heavy atom. The molecule has 7 heteroatoms. The molecular formula is C15H13ClN4O2. The Balaban J connectivity index is 2.02. The van der Waals surface area contributed by atoms with Gasteiger partial charge >= 0.3 is 0 Å². The third-order valence-electron chi connectivity index (χ3n) is 3.31. The molecule has 0 radical (unpaired) electrons. The fourth-order valence-electron chi connectivity index (χ4n) is 2.09. The highest BCUT2D eigenvalue weighted by molar-refractivity contribution is 6.30. The van der Waals surface area contributed by atoms with Crippen LogP contribution >= 0.6 is 11.6 Å². The van der Waals surface area contributed by atoms with Gasteiger partial charge in [0, 0.05) is 29.1 Å². The minimum atomic E-state index is -0.277. The molecule has 112 valence electrons. The quantitative estimate of drug-likeness (QED) is 0.742. The standard InChI is InChI=1S/C15H13ClN4O2/c1-9-3-4-11(6-17-9)15-13(10(2)22-19-15)8-20-14(21)5-12(16)7-18-20/h3-7H,8H2,1-2H3. The molecule has 0 aromatic carbocycles. The molecule has 3 aromatic heterocycles. The van der Waals surface area contributed by atoms with Crippen LogP contribution in [0.4, 0.5) is 0 Å². The fraction of sp³-hybridized carbons (Fsp3) is 0.200. The van der Waals surface area contributed by atoms with E-state index in [0.29, 0.717) is 16.5 Å². The minimum absolute atomic E-state index is 0.258. The lowest BCUT2D eigenvalue weighted by molar-refractivity contribution is 0.397. The van der Waals surface area contributed by atoms with Crippen molar-refractivity contribution < 1.29 is 4.52 Å². The summed E-state index contributed by atoms with van der Waals surface area (Å²) in [6.07, 6.45) is 3.16. The number of aryl methyl sites for hydroxylation is 2. The average molecular weight is 317 g/mol. The predicted octanol–water partition coefficient (Wildman–Crippen LogP) is 2.61. The first kappa shape index (κ1) is 14.5. The van der Waals surface area contributed by atoms with E-state index in [0.717, 1.165) is 16.8 Å². The molecule has 0 spiro atoms. The van der Waals surface area contributed by atoms with Gasteiger partial charge in [-0.2, -0.15) is 5.10 Å². The van der Waals surface area contributed by atoms with Crippen LogP contribution in [0.1, 0.15) is 17.0 Å². The summed E-state index contributed by atoms with van der Waals surface area (Å²) in [5.74, 6) is 0.638. The van der Waals surface area contributed by atoms with Crippen molar-refractivity contribution in [2.24, 2.45) is 0 Å². The number of nitrogens with zero attached hydrogens (tertiary/aromatic N) is 4. The number of hydrogen-bond acceptors (Lipinski definition) is 5. The molecule has 0 aliphatic rings. The molecule has 0 N–H and O–H groups in total. The van der Waals surface area contributed by atoms with Crippen LogP contribution in [0.2, 0.25) is 5.02 Å². The van der Waals surface area contributed by atoms with Crippen LogP contribution in [0.15, 0.2) is 39.9 Å². The van der Waals surface area contributed by atoms with E-state index in [2.05, 4.69) is 15.2 Å². The summed E-state index contributed by atoms with van der Waals surface area (Å²) in [6.45, 7) is 3.97. The van der Waals surface area contributed by atoms with Gasteiger partial charge in [-0.3, -0.25) is 9.78 Å². The van der Waals surface area contributed by atoms with Crippen LogP contribution in [0.25, 0.3) is 11.3 Å². The molecular weight excluding hydrogens is 304 g/mol. The first-order chi connectivity index (χ1) is 10.5. The van der Waals surface area contributed by atoms with E-state index in [4.69, 9.17) is 16.1 Å². The Kier molecular flexibility index (Phi) is 3.77. The van der Waals surface area contributed by atoms with Gasteiger partial charge in [-0.25, -0.2) is 4.68 Å². The lowest BCUT2D eigenvalue weighted by Crippen LogP contribution is -2.22. The number of aromatic nitrogens is 4. The van der Waals surface area contributed by atoms with Gasteiger partial charge in [0.15, 0.2) is 0 Å². The zero-order valence-corrected chi connectivity index (χ0v) is 12.8. The number of halogens is 1. The third-order valence-corrected chi connectivity index (χ3v) is 3.52. The van der Waals surface area contributed by atoms with Crippen molar-refractivity contribution in [3.8, 4) is 11.3 Å². The van der Waals surface area contributed by atoms with Gasteiger partial charge in [-0.1, -0.05) is 16.8 Å². The normalized spacial score (nSPS) is 10.9. The third kappa shape index (κ3) is 2.78. The van der Waals surface area contributed by atoms with E-state index in [1.165, 1.54) is 16.9 Å². The van der Waals surface area contributed by atoms with Gasteiger partial charge in [0.25, 0.3) is 5.56 Å². The lowest BCUT2D eigenvalue weighted by Gasteiger charge is -2.05. The summed E-state index contributed by atoms with van der Waals surface area (Å²) in [6, 6.07) is 5.14. The summed E-state index contributed by atoms with van der Waals surface area (Å²) in [5, 5.41) is 8.42. The second-order valence-electron chi connectivity index (χ2n) is 4.92. The monoisotopic (exact) mass is 316 g/mol. The van der Waals surface area contributed by atoms with Crippen LogP contribution in [0.5, 0.6) is 0 Å². The SMILES string of the molecule is Cc1ccc(-c2noc(C)c2Cn2ncc(Cl)cc2=O)cn1. The van der Waals surface area contributed by atoms with Crippen molar-refractivity contribution >= 4 is 11.6 Å². The molecule has 6 nitrogen and oxygen atoms in total. The van der Waals surface area contributed by atoms with Gasteiger partial charge in [0.2, 0.25) is 0 Å². The van der Waals surface area contributed by atoms with Crippen molar-refractivity contribution in [1.82, 2.24) is 19.9 Å². The molecule has 0 fully saturated rings. The summed E-state index contributed by atoms with van der Waals surface area (Å²) < 4.78 is 6.59. The molecule has 0 aliphatic heterocycles. The topological polar surface area (TPSA) is 73.8 Å². The smallest absolute Gasteiger partial charge is 0.268 e. The van der Waals surface area contributed by atoms with Crippen molar-refractivity contribution in [1.29, 1.82) is 0 Å². The van der Waals surface area contributed by atoms with E-state index in [-0.39, 0.29) is 12.1 Å². The first-order valence-electron chi connectivity index (χ1n) is 6.65. The van der Waals surface area contributed by atoms with Gasteiger partial charge < -0.3 is 4.52 Å². The van der Waals surface area contributed by atoms with Crippen molar-refractivity contribution in [2.45, 2.75) is 20.4 Å². The highest BCUT2D eigenvalue weighted by Crippen LogP contribution is 2.25. The highest BCUT2D eigenvalue weighted by atomic mass is 35.5. The zero-order valence-electron chi connectivity index (χ0n) is 12.1. The minimum Gasteiger partial charge on any atom is -0.361 e. The molecule has 22 heavy (non-hydrogen) atoms. The Morgan fingerprint density at radius 3 is 2.77 bits per heavy atom. The second-order valence-corrected chi connectivity index (χ2v) is 5.36. The van der Waals surface area contributed by atoms with Crippen LogP contribution in [-0.4, -0.2) is 19.9 Å². The molecule has 3 aromatic rings. The van der Waals surface area contributed by atoms with E-state index in [1.54, 1.807) is 13.1 Å². The number of hydrogen-bond donors (Lipinski definition) is 0. The first-order valence-corrected chi connectivity index (χ1v) is 7.03. The van der Waals surface area contributed by atoms with Gasteiger partial charge in [-0.15, -0.1) is 0 Å². The van der Waals surface area contributed by atoms with E-state index in [1.807, 2.05) is 19.1 Å². The van der Waals surface area contributed by atoms with Crippen LogP contribution < -0.4 is 5.56 Å². The predicted molar refractivity (Wildman–Crippen MR) is 81.8 cm³/mol. The maximum Gasteiger partial charge on any atom is 0.268 e. The second kappa shape index (κ2) is 5.73. The van der Waals surface area contributed by atoms with Crippen molar-refractivity contribution in [2.75, 3.05) is 0 Å². The number of rotatable bonds is 3. The van der Waals surface area contributed by atoms with Crippen LogP contribution in [-0.2, 0) is 6.54 Å². The molecule has 0 saturated carbocycles. The Hall–Kier alpha value is -2.47. The highest BCUT2D eigenvalue weighted by Gasteiger charge is 2.16. The molecule has 0 bridgehead atoms. The van der Waals surface area contributed by atoms with Gasteiger partial charge in [-0.05, 0) is 26.0 Å². The molecule has 0 aliphatic carbocycles. The summed E-state index contributed by atoms with van der Waals surface area (Å²) >= 11 is 5.76. The van der Waals surface area contributed by atoms with E-state index in [9.17, 15) is 4.79 Å². The molecule has 3 heterocycles. The van der Waals surface area contributed by atoms with Crippen molar-refractivity contribution in [3.05, 3.63) is 63.0 Å². The summed E-state index contributed by atoms with van der Waals surface area (Å²) in [5.41, 5.74) is 2.93. The molecule has 3 rings (SSSR count). The Bertz CT molecular complexity index is 868. The van der Waals surface area contributed by atoms with Gasteiger partial charge in [0.1, 0.15) is 11.5 Å². The van der Waals surface area contributed by atoms with Crippen molar-refractivity contribution in [3.63, 3.8) is 0 Å². The van der Waals surface area contributed by atoms with Crippen LogP contribution in [0, 0.1) is 13.8 Å². The number of pyridine rings is 1. The van der Waals surface area contributed by atoms with Gasteiger partial charge in [0.05, 0.1) is 17.8 Å². The summed E-state index contributed by atoms with van der Waals surface area (Å²) in [7, 11) is 0. The Morgan fingerprint density at radius 1 is 1.27 bits per heavy atom. The summed E-state index contributed by atoms with van der Waals surface area (Å²) in [4.78, 5) is 16.2. The molecule has 0 atom stereocenters. The average Bonchev–Trinajstić information content (AvgIpc) is 2.84. The zero-order chi connectivity index (χ0) is 15.7. The largest absolute Gasteiger partial charge is 0.361 e. The Labute approximate surface area is 131 Å². The molecule has 0 saturated heterocycles. The molecule has 0 amide bonds. The lowest BCUT2D eigenvalue weighted by atomic mass is 10.1. The molecule has 0 unspecified atom stereocenters. The van der Waals surface area contributed by atoms with E-state index >= 15 is 0 Å². The maximum absolute atomic E-state index is 11.9. The van der Waals surface area contributed by atoms with E-state index < -0.39 is 0 Å². The maximum atomic E-state index is 11.9. The fourth-order valence-corrected chi connectivity index (χ4v) is 2.23.